The van der Waals surface area contributed by atoms with E-state index in [2.05, 4.69) is 29.1 Å². The van der Waals surface area contributed by atoms with Crippen LogP contribution >= 0.6 is 35.7 Å². The largest absolute Gasteiger partial charge is 0.358 e. The molecule has 0 aliphatic carbocycles. The number of para-hydroxylation sites is 1. The summed E-state index contributed by atoms with van der Waals surface area (Å²) in [6.07, 6.45) is 0.351. The van der Waals surface area contributed by atoms with Gasteiger partial charge in [-0.25, -0.2) is 0 Å². The Balaban J connectivity index is 2.62. The van der Waals surface area contributed by atoms with E-state index >= 15 is 0 Å². The molecule has 0 saturated carbocycles. The van der Waals surface area contributed by atoms with Crippen molar-refractivity contribution < 1.29 is 13.0 Å². The van der Waals surface area contributed by atoms with Gasteiger partial charge in [0.05, 0.1) is 11.6 Å². The second kappa shape index (κ2) is 12.6. The molecule has 0 aliphatic heterocycles. The molecule has 0 spiro atoms. The van der Waals surface area contributed by atoms with Crippen LogP contribution in [0, 0.1) is 0 Å². The predicted molar refractivity (Wildman–Crippen MR) is 119 cm³/mol. The van der Waals surface area contributed by atoms with Crippen LogP contribution in [-0.4, -0.2) is 57.8 Å². The number of thiocarbonyl (C=S) groups is 1. The molecule has 10 heteroatoms. The highest BCUT2D eigenvalue weighted by molar-refractivity contribution is 8.23. The average Bonchev–Trinajstić information content (AvgIpc) is 2.59. The molecular weight excluding hydrogens is 410 g/mol. The van der Waals surface area contributed by atoms with Crippen molar-refractivity contribution in [3.05, 3.63) is 30.3 Å². The van der Waals surface area contributed by atoms with Crippen molar-refractivity contribution in [2.75, 3.05) is 35.8 Å². The van der Waals surface area contributed by atoms with E-state index < -0.39 is 10.1 Å². The van der Waals surface area contributed by atoms with Gasteiger partial charge in [-0.2, -0.15) is 8.42 Å². The number of aliphatic imine (C=N–C) groups is 1. The van der Waals surface area contributed by atoms with Crippen LogP contribution in [0.5, 0.6) is 0 Å². The zero-order valence-corrected chi connectivity index (χ0v) is 18.2. The summed E-state index contributed by atoms with van der Waals surface area (Å²) in [5.41, 5.74) is 0.907. The molecule has 26 heavy (non-hydrogen) atoms. The number of benzene rings is 1. The lowest BCUT2D eigenvalue weighted by Gasteiger charge is -2.20. The summed E-state index contributed by atoms with van der Waals surface area (Å²) in [6, 6.07) is 9.64. The molecule has 1 rings (SSSR count). The molecule has 2 N–H and O–H groups in total. The number of thioether (sulfide) groups is 2. The van der Waals surface area contributed by atoms with Crippen molar-refractivity contribution in [1.82, 2.24) is 4.90 Å². The fraction of sp³-hybridized carbons (Fsp3) is 0.500. The SMILES string of the molecule is CCN(CC)C(=S)SC/N=C(\Nc1ccccc1)SCCCS(=O)(=O)O. The van der Waals surface area contributed by atoms with Gasteiger partial charge in [0, 0.05) is 24.5 Å². The second-order valence-electron chi connectivity index (χ2n) is 5.15. The number of amidine groups is 1. The van der Waals surface area contributed by atoms with Crippen LogP contribution in [0.4, 0.5) is 5.69 Å². The van der Waals surface area contributed by atoms with Crippen molar-refractivity contribution in [1.29, 1.82) is 0 Å². The summed E-state index contributed by atoms with van der Waals surface area (Å²) in [6.45, 7) is 5.86. The van der Waals surface area contributed by atoms with Crippen molar-refractivity contribution in [3.8, 4) is 0 Å². The summed E-state index contributed by atoms with van der Waals surface area (Å²) >= 11 is 8.32. The van der Waals surface area contributed by atoms with Gasteiger partial charge in [0.2, 0.25) is 0 Å². The first kappa shape index (κ1) is 23.2. The van der Waals surface area contributed by atoms with Crippen LogP contribution < -0.4 is 5.32 Å². The Bertz CT molecular complexity index is 677. The quantitative estimate of drug-likeness (QED) is 0.199. The molecule has 1 aromatic carbocycles. The maximum absolute atomic E-state index is 10.8. The van der Waals surface area contributed by atoms with Gasteiger partial charge >= 0.3 is 0 Å². The smallest absolute Gasteiger partial charge is 0.264 e. The Hall–Kier alpha value is -0.810. The normalized spacial score (nSPS) is 12.0. The maximum Gasteiger partial charge on any atom is 0.264 e. The van der Waals surface area contributed by atoms with Crippen LogP contribution in [0.2, 0.25) is 0 Å². The van der Waals surface area contributed by atoms with Crippen LogP contribution in [0.3, 0.4) is 0 Å². The standard InChI is InChI=1S/C16H25N3O3S4/c1-3-19(4-2)16(23)25-13-17-15(18-14-9-6-5-7-10-14)24-11-8-12-26(20,21)22/h5-7,9-10H,3-4,8,11-13H2,1-2H3,(H,17,18)(H,20,21,22). The topological polar surface area (TPSA) is 82.0 Å². The third-order valence-electron chi connectivity index (χ3n) is 3.23. The molecule has 0 heterocycles. The van der Waals surface area contributed by atoms with Crippen molar-refractivity contribution in [3.63, 3.8) is 0 Å². The van der Waals surface area contributed by atoms with E-state index in [4.69, 9.17) is 16.8 Å². The molecule has 146 valence electrons. The van der Waals surface area contributed by atoms with Gasteiger partial charge in [-0.05, 0) is 32.4 Å². The molecule has 0 amide bonds. The van der Waals surface area contributed by atoms with E-state index in [1.54, 1.807) is 0 Å². The van der Waals surface area contributed by atoms with Gasteiger partial charge in [0.1, 0.15) is 4.32 Å². The van der Waals surface area contributed by atoms with Crippen LogP contribution in [0.1, 0.15) is 20.3 Å². The Kier molecular flexibility index (Phi) is 11.2. The second-order valence-corrected chi connectivity index (χ2v) is 9.39. The van der Waals surface area contributed by atoms with E-state index in [0.29, 0.717) is 23.2 Å². The van der Waals surface area contributed by atoms with E-state index in [9.17, 15) is 8.42 Å². The van der Waals surface area contributed by atoms with E-state index in [1.165, 1.54) is 23.5 Å². The van der Waals surface area contributed by atoms with Gasteiger partial charge in [0.25, 0.3) is 10.1 Å². The molecule has 0 bridgehead atoms. The van der Waals surface area contributed by atoms with Gasteiger partial charge in [-0.3, -0.25) is 9.55 Å². The first-order chi connectivity index (χ1) is 12.4. The first-order valence-electron chi connectivity index (χ1n) is 8.22. The summed E-state index contributed by atoms with van der Waals surface area (Å²) < 4.78 is 31.3. The van der Waals surface area contributed by atoms with Crippen molar-refractivity contribution in [2.24, 2.45) is 4.99 Å². The molecular formula is C16H25N3O3S4. The molecule has 0 saturated heterocycles. The number of hydrogen-bond donors (Lipinski definition) is 2. The summed E-state index contributed by atoms with van der Waals surface area (Å²) in [5, 5.41) is 3.93. The summed E-state index contributed by atoms with van der Waals surface area (Å²) in [4.78, 5) is 6.65. The maximum atomic E-state index is 10.8. The monoisotopic (exact) mass is 435 g/mol. The zero-order valence-electron chi connectivity index (χ0n) is 14.9. The zero-order chi connectivity index (χ0) is 19.4. The lowest BCUT2D eigenvalue weighted by molar-refractivity contribution is 0.482. The van der Waals surface area contributed by atoms with E-state index in [0.717, 1.165) is 23.1 Å². The van der Waals surface area contributed by atoms with Crippen LogP contribution in [0.15, 0.2) is 35.3 Å². The number of nitrogens with zero attached hydrogens (tertiary/aromatic N) is 2. The third-order valence-corrected chi connectivity index (χ3v) is 6.41. The van der Waals surface area contributed by atoms with Crippen LogP contribution in [-0.2, 0) is 10.1 Å². The Morgan fingerprint density at radius 3 is 2.46 bits per heavy atom. The first-order valence-corrected chi connectivity index (χ1v) is 12.2. The predicted octanol–water partition coefficient (Wildman–Crippen LogP) is 3.78. The summed E-state index contributed by atoms with van der Waals surface area (Å²) in [5.74, 6) is 0.763. The molecule has 1 aromatic rings. The van der Waals surface area contributed by atoms with Crippen molar-refractivity contribution >= 4 is 61.0 Å². The Labute approximate surface area is 170 Å². The Morgan fingerprint density at radius 1 is 1.23 bits per heavy atom. The average molecular weight is 436 g/mol. The highest BCUT2D eigenvalue weighted by atomic mass is 32.2. The van der Waals surface area contributed by atoms with Gasteiger partial charge < -0.3 is 10.2 Å². The molecule has 0 unspecified atom stereocenters. The highest BCUT2D eigenvalue weighted by Gasteiger charge is 2.08. The number of nitrogens with one attached hydrogen (secondary N) is 1. The molecule has 0 aliphatic rings. The fourth-order valence-electron chi connectivity index (χ4n) is 1.90. The minimum Gasteiger partial charge on any atom is -0.358 e. The fourth-order valence-corrected chi connectivity index (χ4v) is 4.66. The van der Waals surface area contributed by atoms with Crippen molar-refractivity contribution in [2.45, 2.75) is 20.3 Å². The lowest BCUT2D eigenvalue weighted by atomic mass is 10.3. The highest BCUT2D eigenvalue weighted by Crippen LogP contribution is 2.15. The Morgan fingerprint density at radius 2 is 1.88 bits per heavy atom. The molecule has 0 aromatic heterocycles. The van der Waals surface area contributed by atoms with Crippen LogP contribution in [0.25, 0.3) is 0 Å². The lowest BCUT2D eigenvalue weighted by Crippen LogP contribution is -2.26. The van der Waals surface area contributed by atoms with E-state index in [1.807, 2.05) is 30.3 Å². The number of hydrogen-bond acceptors (Lipinski definition) is 6. The minimum absolute atomic E-state index is 0.251. The van der Waals surface area contributed by atoms with E-state index in [-0.39, 0.29) is 5.75 Å². The third kappa shape index (κ3) is 10.4. The molecule has 0 fully saturated rings. The molecule has 0 radical (unpaired) electrons. The summed E-state index contributed by atoms with van der Waals surface area (Å²) in [7, 11) is -3.92. The van der Waals surface area contributed by atoms with Gasteiger partial charge in [-0.1, -0.05) is 53.9 Å². The molecule has 0 atom stereocenters. The molecule has 6 nitrogen and oxygen atoms in total. The van der Waals surface area contributed by atoms with Gasteiger partial charge in [0.15, 0.2) is 5.17 Å². The number of anilines is 1. The number of rotatable bonds is 9. The van der Waals surface area contributed by atoms with Gasteiger partial charge in [-0.15, -0.1) is 0 Å². The minimum atomic E-state index is -3.92.